The van der Waals surface area contributed by atoms with Crippen molar-refractivity contribution in [2.75, 3.05) is 26.0 Å². The van der Waals surface area contributed by atoms with Crippen molar-refractivity contribution in [3.63, 3.8) is 0 Å². The van der Waals surface area contributed by atoms with Crippen molar-refractivity contribution in [1.82, 2.24) is 9.88 Å². The van der Waals surface area contributed by atoms with Crippen LogP contribution in [0.3, 0.4) is 0 Å². The Bertz CT molecular complexity index is 611. The molecule has 0 aliphatic carbocycles. The largest absolute Gasteiger partial charge is 0.464 e. The number of rotatable bonds is 4. The summed E-state index contributed by atoms with van der Waals surface area (Å²) in [7, 11) is 2.97. The molecule has 0 saturated carbocycles. The fourth-order valence-electron chi connectivity index (χ4n) is 2.27. The maximum atomic E-state index is 12.2. The van der Waals surface area contributed by atoms with Crippen LogP contribution >= 0.6 is 11.3 Å². The first-order valence-electron chi connectivity index (χ1n) is 6.97. The third kappa shape index (κ3) is 3.27. The number of hydrogen-bond acceptors (Lipinski definition) is 6. The van der Waals surface area contributed by atoms with E-state index in [1.54, 1.807) is 7.05 Å². The van der Waals surface area contributed by atoms with Crippen molar-refractivity contribution < 1.29 is 19.1 Å². The molecular formula is C14H19N3O4S. The number of methoxy groups -OCH3 is 1. The molecule has 1 aliphatic heterocycles. The van der Waals surface area contributed by atoms with Crippen molar-refractivity contribution in [2.24, 2.45) is 5.92 Å². The van der Waals surface area contributed by atoms with E-state index in [1.807, 2.05) is 13.8 Å². The van der Waals surface area contributed by atoms with Crippen molar-refractivity contribution in [2.45, 2.75) is 26.2 Å². The van der Waals surface area contributed by atoms with E-state index in [0.717, 1.165) is 4.88 Å². The standard InChI is InChI=1S/C14H19N3O4S/c1-7(2)11-10(13(20)21-4)15-14(22-11)16-12(19)8-5-9(18)17(3)6-8/h7-8H,5-6H2,1-4H3,(H,15,16,19)/t8-/m1/s1. The van der Waals surface area contributed by atoms with Gasteiger partial charge in [-0.05, 0) is 5.92 Å². The molecule has 0 radical (unpaired) electrons. The molecule has 0 bridgehead atoms. The number of hydrogen-bond donors (Lipinski definition) is 1. The summed E-state index contributed by atoms with van der Waals surface area (Å²) in [5.41, 5.74) is 0.234. The van der Waals surface area contributed by atoms with Crippen LogP contribution in [0.4, 0.5) is 5.13 Å². The molecule has 0 spiro atoms. The molecular weight excluding hydrogens is 306 g/mol. The number of amides is 2. The predicted octanol–water partition coefficient (Wildman–Crippen LogP) is 1.47. The van der Waals surface area contributed by atoms with Gasteiger partial charge in [-0.15, -0.1) is 11.3 Å². The number of esters is 1. The molecule has 1 aromatic heterocycles. The lowest BCUT2D eigenvalue weighted by Crippen LogP contribution is -2.25. The smallest absolute Gasteiger partial charge is 0.357 e. The minimum atomic E-state index is -0.517. The van der Waals surface area contributed by atoms with E-state index < -0.39 is 5.97 Å². The number of ether oxygens (including phenoxy) is 1. The Hall–Kier alpha value is -1.96. The van der Waals surface area contributed by atoms with Crippen LogP contribution in [0.2, 0.25) is 0 Å². The second kappa shape index (κ2) is 6.43. The van der Waals surface area contributed by atoms with Gasteiger partial charge < -0.3 is 15.0 Å². The van der Waals surface area contributed by atoms with E-state index in [4.69, 9.17) is 4.74 Å². The van der Waals surface area contributed by atoms with Gasteiger partial charge in [0.25, 0.3) is 0 Å². The quantitative estimate of drug-likeness (QED) is 0.847. The van der Waals surface area contributed by atoms with Crippen LogP contribution in [-0.2, 0) is 14.3 Å². The molecule has 1 N–H and O–H groups in total. The monoisotopic (exact) mass is 325 g/mol. The summed E-state index contributed by atoms with van der Waals surface area (Å²) < 4.78 is 4.71. The van der Waals surface area contributed by atoms with Gasteiger partial charge in [0, 0.05) is 24.9 Å². The molecule has 1 atom stereocenters. The second-order valence-electron chi connectivity index (χ2n) is 5.54. The zero-order valence-corrected chi connectivity index (χ0v) is 13.8. The summed E-state index contributed by atoms with van der Waals surface area (Å²) in [6.45, 7) is 4.28. The molecule has 8 heteroatoms. The fourth-order valence-corrected chi connectivity index (χ4v) is 3.22. The SMILES string of the molecule is COC(=O)c1nc(NC(=O)[C@@H]2CC(=O)N(C)C2)sc1C(C)C. The van der Waals surface area contributed by atoms with E-state index >= 15 is 0 Å². The molecule has 2 amide bonds. The maximum Gasteiger partial charge on any atom is 0.357 e. The van der Waals surface area contributed by atoms with E-state index in [2.05, 4.69) is 10.3 Å². The molecule has 0 unspecified atom stereocenters. The van der Waals surface area contributed by atoms with Gasteiger partial charge in [0.1, 0.15) is 0 Å². The molecule has 1 aromatic rings. The van der Waals surface area contributed by atoms with Gasteiger partial charge in [0.15, 0.2) is 10.8 Å². The molecule has 120 valence electrons. The van der Waals surface area contributed by atoms with Gasteiger partial charge >= 0.3 is 5.97 Å². The van der Waals surface area contributed by atoms with Crippen LogP contribution < -0.4 is 5.32 Å². The summed E-state index contributed by atoms with van der Waals surface area (Å²) in [6, 6.07) is 0. The maximum absolute atomic E-state index is 12.2. The van der Waals surface area contributed by atoms with Crippen LogP contribution in [0.15, 0.2) is 0 Å². The first-order chi connectivity index (χ1) is 10.3. The van der Waals surface area contributed by atoms with Gasteiger partial charge in [-0.25, -0.2) is 9.78 Å². The summed E-state index contributed by atoms with van der Waals surface area (Å²) in [6.07, 6.45) is 0.203. The third-order valence-electron chi connectivity index (χ3n) is 3.50. The molecule has 2 heterocycles. The number of likely N-dealkylation sites (tertiary alicyclic amines) is 1. The first kappa shape index (κ1) is 16.4. The number of anilines is 1. The summed E-state index contributed by atoms with van der Waals surface area (Å²) in [5, 5.41) is 3.06. The molecule has 1 saturated heterocycles. The van der Waals surface area contributed by atoms with E-state index in [1.165, 1.54) is 23.3 Å². The van der Waals surface area contributed by atoms with Gasteiger partial charge in [0.05, 0.1) is 13.0 Å². The lowest BCUT2D eigenvalue weighted by Gasteiger charge is -2.09. The van der Waals surface area contributed by atoms with Crippen molar-refractivity contribution in [3.05, 3.63) is 10.6 Å². The Kier molecular flexibility index (Phi) is 4.80. The topological polar surface area (TPSA) is 88.6 Å². The average molecular weight is 325 g/mol. The van der Waals surface area contributed by atoms with Crippen LogP contribution in [0.1, 0.15) is 41.6 Å². The highest BCUT2D eigenvalue weighted by Crippen LogP contribution is 2.31. The van der Waals surface area contributed by atoms with Crippen molar-refractivity contribution in [1.29, 1.82) is 0 Å². The highest BCUT2D eigenvalue weighted by Gasteiger charge is 2.33. The van der Waals surface area contributed by atoms with Crippen molar-refractivity contribution in [3.8, 4) is 0 Å². The Morgan fingerprint density at radius 2 is 2.14 bits per heavy atom. The van der Waals surface area contributed by atoms with Crippen LogP contribution in [0, 0.1) is 5.92 Å². The molecule has 22 heavy (non-hydrogen) atoms. The van der Waals surface area contributed by atoms with Gasteiger partial charge in [-0.2, -0.15) is 0 Å². The Labute approximate surface area is 132 Å². The number of nitrogens with zero attached hydrogens (tertiary/aromatic N) is 2. The normalized spacial score (nSPS) is 18.0. The summed E-state index contributed by atoms with van der Waals surface area (Å²) in [4.78, 5) is 41.9. The number of carbonyl (C=O) groups excluding carboxylic acids is 3. The summed E-state index contributed by atoms with van der Waals surface area (Å²) in [5.74, 6) is -1.10. The number of aromatic nitrogens is 1. The average Bonchev–Trinajstić information content (AvgIpc) is 3.02. The molecule has 0 aromatic carbocycles. The Morgan fingerprint density at radius 3 is 2.64 bits per heavy atom. The van der Waals surface area contributed by atoms with Gasteiger partial charge in [-0.1, -0.05) is 13.8 Å². The van der Waals surface area contributed by atoms with Crippen LogP contribution in [0.25, 0.3) is 0 Å². The number of nitrogens with one attached hydrogen (secondary N) is 1. The lowest BCUT2D eigenvalue weighted by molar-refractivity contribution is -0.127. The zero-order chi connectivity index (χ0) is 16.4. The highest BCUT2D eigenvalue weighted by molar-refractivity contribution is 7.16. The minimum absolute atomic E-state index is 0.0441. The van der Waals surface area contributed by atoms with Crippen LogP contribution in [0.5, 0.6) is 0 Å². The van der Waals surface area contributed by atoms with E-state index in [9.17, 15) is 14.4 Å². The summed E-state index contributed by atoms with van der Waals surface area (Å²) >= 11 is 1.26. The fraction of sp³-hybridized carbons (Fsp3) is 0.571. The number of thiazole rings is 1. The van der Waals surface area contributed by atoms with Gasteiger partial charge in [-0.3, -0.25) is 9.59 Å². The second-order valence-corrected chi connectivity index (χ2v) is 6.57. The molecule has 1 fully saturated rings. The molecule has 7 nitrogen and oxygen atoms in total. The number of carbonyl (C=O) groups is 3. The van der Waals surface area contributed by atoms with Crippen molar-refractivity contribution >= 4 is 34.3 Å². The lowest BCUT2D eigenvalue weighted by atomic mass is 10.1. The van der Waals surface area contributed by atoms with E-state index in [0.29, 0.717) is 11.7 Å². The minimum Gasteiger partial charge on any atom is -0.464 e. The Morgan fingerprint density at radius 1 is 1.45 bits per heavy atom. The highest BCUT2D eigenvalue weighted by atomic mass is 32.1. The van der Waals surface area contributed by atoms with Crippen LogP contribution in [-0.4, -0.2) is 48.4 Å². The van der Waals surface area contributed by atoms with E-state index in [-0.39, 0.29) is 35.8 Å². The first-order valence-corrected chi connectivity index (χ1v) is 7.79. The predicted molar refractivity (Wildman–Crippen MR) is 81.9 cm³/mol. The Balaban J connectivity index is 2.15. The zero-order valence-electron chi connectivity index (χ0n) is 13.0. The molecule has 2 rings (SSSR count). The molecule has 1 aliphatic rings. The third-order valence-corrected chi connectivity index (χ3v) is 4.77. The van der Waals surface area contributed by atoms with Gasteiger partial charge in [0.2, 0.25) is 11.8 Å².